The van der Waals surface area contributed by atoms with Crippen LogP contribution in [-0.4, -0.2) is 31.3 Å². The number of nitrogens with zero attached hydrogens (tertiary/aromatic N) is 1. The summed E-state index contributed by atoms with van der Waals surface area (Å²) in [4.78, 5) is 13.9. The van der Waals surface area contributed by atoms with E-state index in [2.05, 4.69) is 0 Å². The fraction of sp³-hybridized carbons (Fsp3) is 0.417. The Morgan fingerprint density at radius 1 is 1.33 bits per heavy atom. The molecule has 3 heteroatoms. The van der Waals surface area contributed by atoms with Crippen LogP contribution in [-0.2, 0) is 0 Å². The first-order valence-corrected chi connectivity index (χ1v) is 5.33. The van der Waals surface area contributed by atoms with Crippen molar-refractivity contribution in [1.29, 1.82) is 0 Å². The number of halogens is 1. The van der Waals surface area contributed by atoms with Crippen LogP contribution in [0.2, 0.25) is 5.02 Å². The molecule has 0 heterocycles. The third kappa shape index (κ3) is 3.65. The number of hydrogen-bond acceptors (Lipinski definition) is 2. The van der Waals surface area contributed by atoms with E-state index in [1.807, 2.05) is 25.9 Å². The Hall–Kier alpha value is -0.860. The van der Waals surface area contributed by atoms with Crippen LogP contribution in [0.5, 0.6) is 0 Å². The topological polar surface area (TPSA) is 20.3 Å². The maximum atomic E-state index is 11.9. The predicted octanol–water partition coefficient (Wildman–Crippen LogP) is 2.72. The summed E-state index contributed by atoms with van der Waals surface area (Å²) in [7, 11) is 3.93. The zero-order valence-electron chi connectivity index (χ0n) is 9.33. The molecule has 1 unspecified atom stereocenters. The zero-order valence-corrected chi connectivity index (χ0v) is 10.1. The van der Waals surface area contributed by atoms with Gasteiger partial charge in [0.2, 0.25) is 0 Å². The van der Waals surface area contributed by atoms with Crippen molar-refractivity contribution in [3.05, 3.63) is 34.9 Å². The third-order valence-corrected chi connectivity index (χ3v) is 2.47. The van der Waals surface area contributed by atoms with E-state index in [1.165, 1.54) is 0 Å². The first-order valence-electron chi connectivity index (χ1n) is 4.95. The van der Waals surface area contributed by atoms with E-state index in [0.717, 1.165) is 12.1 Å². The van der Waals surface area contributed by atoms with Crippen molar-refractivity contribution in [2.45, 2.75) is 6.92 Å². The maximum absolute atomic E-state index is 11.9. The molecule has 0 aliphatic heterocycles. The van der Waals surface area contributed by atoms with E-state index in [9.17, 15) is 4.79 Å². The summed E-state index contributed by atoms with van der Waals surface area (Å²) in [5.74, 6) is 0.182. The van der Waals surface area contributed by atoms with Gasteiger partial charge in [-0.2, -0.15) is 0 Å². The molecule has 82 valence electrons. The van der Waals surface area contributed by atoms with Crippen LogP contribution in [0.3, 0.4) is 0 Å². The normalized spacial score (nSPS) is 12.9. The first-order chi connectivity index (χ1) is 7.00. The molecule has 0 N–H and O–H groups in total. The molecule has 0 aromatic heterocycles. The standard InChI is InChI=1S/C12H16ClNO/c1-9(8-14(2)3)12(15)10-4-6-11(13)7-5-10/h4-7,9H,8H2,1-3H3. The second-order valence-corrected chi connectivity index (χ2v) is 4.47. The Morgan fingerprint density at radius 2 is 1.87 bits per heavy atom. The molecule has 0 fully saturated rings. The monoisotopic (exact) mass is 225 g/mol. The van der Waals surface area contributed by atoms with Crippen LogP contribution in [0.4, 0.5) is 0 Å². The molecule has 1 aromatic rings. The summed E-state index contributed by atoms with van der Waals surface area (Å²) in [6.45, 7) is 2.71. The minimum Gasteiger partial charge on any atom is -0.309 e. The predicted molar refractivity (Wildman–Crippen MR) is 63.5 cm³/mol. The highest BCUT2D eigenvalue weighted by Gasteiger charge is 2.15. The van der Waals surface area contributed by atoms with Gasteiger partial charge in [0.05, 0.1) is 0 Å². The van der Waals surface area contributed by atoms with Crippen molar-refractivity contribution >= 4 is 17.4 Å². The Bertz CT molecular complexity index is 332. The summed E-state index contributed by atoms with van der Waals surface area (Å²) < 4.78 is 0. The highest BCUT2D eigenvalue weighted by molar-refractivity contribution is 6.30. The number of ketones is 1. The Kier molecular flexibility index (Phi) is 4.30. The quantitative estimate of drug-likeness (QED) is 0.735. The molecule has 0 radical (unpaired) electrons. The van der Waals surface area contributed by atoms with E-state index < -0.39 is 0 Å². The molecule has 0 saturated carbocycles. The van der Waals surface area contributed by atoms with Crippen LogP contribution < -0.4 is 0 Å². The van der Waals surface area contributed by atoms with Crippen LogP contribution in [0, 0.1) is 5.92 Å². The lowest BCUT2D eigenvalue weighted by molar-refractivity contribution is 0.0910. The van der Waals surface area contributed by atoms with Crippen LogP contribution >= 0.6 is 11.6 Å². The number of hydrogen-bond donors (Lipinski definition) is 0. The molecule has 0 aliphatic rings. The lowest BCUT2D eigenvalue weighted by Gasteiger charge is -2.15. The molecular weight excluding hydrogens is 210 g/mol. The van der Waals surface area contributed by atoms with Crippen LogP contribution in [0.1, 0.15) is 17.3 Å². The SMILES string of the molecule is CC(CN(C)C)C(=O)c1ccc(Cl)cc1. The molecule has 0 amide bonds. The molecule has 0 bridgehead atoms. The molecular formula is C12H16ClNO. The smallest absolute Gasteiger partial charge is 0.166 e. The van der Waals surface area contributed by atoms with Gasteiger partial charge < -0.3 is 4.90 Å². The van der Waals surface area contributed by atoms with Crippen molar-refractivity contribution in [2.24, 2.45) is 5.92 Å². The molecule has 1 atom stereocenters. The number of Topliss-reactive ketones (excluding diaryl/α,β-unsaturated/α-hetero) is 1. The molecule has 1 aromatic carbocycles. The fourth-order valence-electron chi connectivity index (χ4n) is 1.53. The summed E-state index contributed by atoms with van der Waals surface area (Å²) >= 11 is 5.76. The van der Waals surface area contributed by atoms with Gasteiger partial charge in [0, 0.05) is 23.0 Å². The Labute approximate surface area is 95.8 Å². The number of carbonyl (C=O) groups is 1. The third-order valence-electron chi connectivity index (χ3n) is 2.22. The van der Waals surface area contributed by atoms with Gasteiger partial charge >= 0.3 is 0 Å². The molecule has 0 spiro atoms. The first kappa shape index (κ1) is 12.2. The van der Waals surface area contributed by atoms with E-state index in [0.29, 0.717) is 5.02 Å². The average molecular weight is 226 g/mol. The minimum absolute atomic E-state index is 0.0150. The second kappa shape index (κ2) is 5.29. The van der Waals surface area contributed by atoms with Gasteiger partial charge in [0.15, 0.2) is 5.78 Å². The second-order valence-electron chi connectivity index (χ2n) is 4.03. The van der Waals surface area contributed by atoms with Crippen LogP contribution in [0.15, 0.2) is 24.3 Å². The highest BCUT2D eigenvalue weighted by atomic mass is 35.5. The van der Waals surface area contributed by atoms with Gasteiger partial charge in [0.1, 0.15) is 0 Å². The molecule has 1 rings (SSSR count). The highest BCUT2D eigenvalue weighted by Crippen LogP contribution is 2.13. The van der Waals surface area contributed by atoms with Gasteiger partial charge in [-0.25, -0.2) is 0 Å². The molecule has 15 heavy (non-hydrogen) atoms. The molecule has 0 saturated heterocycles. The Morgan fingerprint density at radius 3 is 2.33 bits per heavy atom. The maximum Gasteiger partial charge on any atom is 0.166 e. The van der Waals surface area contributed by atoms with E-state index in [-0.39, 0.29) is 11.7 Å². The van der Waals surface area contributed by atoms with Gasteiger partial charge in [0.25, 0.3) is 0 Å². The van der Waals surface area contributed by atoms with Crippen molar-refractivity contribution in [2.75, 3.05) is 20.6 Å². The summed E-state index contributed by atoms with van der Waals surface area (Å²) in [6.07, 6.45) is 0. The minimum atomic E-state index is 0.0150. The number of rotatable bonds is 4. The fourth-order valence-corrected chi connectivity index (χ4v) is 1.66. The zero-order chi connectivity index (χ0) is 11.4. The van der Waals surface area contributed by atoms with Gasteiger partial charge in [-0.05, 0) is 38.4 Å². The van der Waals surface area contributed by atoms with Gasteiger partial charge in [-0.15, -0.1) is 0 Å². The number of carbonyl (C=O) groups excluding carboxylic acids is 1. The lowest BCUT2D eigenvalue weighted by atomic mass is 9.99. The van der Waals surface area contributed by atoms with Crippen molar-refractivity contribution in [3.8, 4) is 0 Å². The average Bonchev–Trinajstić information content (AvgIpc) is 2.17. The van der Waals surface area contributed by atoms with Gasteiger partial charge in [-0.1, -0.05) is 18.5 Å². The van der Waals surface area contributed by atoms with Crippen LogP contribution in [0.25, 0.3) is 0 Å². The summed E-state index contributed by atoms with van der Waals surface area (Å²) in [6, 6.07) is 7.04. The Balaban J connectivity index is 2.72. The summed E-state index contributed by atoms with van der Waals surface area (Å²) in [5, 5.41) is 0.659. The van der Waals surface area contributed by atoms with Gasteiger partial charge in [-0.3, -0.25) is 4.79 Å². The van der Waals surface area contributed by atoms with Crippen molar-refractivity contribution < 1.29 is 4.79 Å². The van der Waals surface area contributed by atoms with E-state index in [1.54, 1.807) is 24.3 Å². The summed E-state index contributed by atoms with van der Waals surface area (Å²) in [5.41, 5.74) is 0.730. The van der Waals surface area contributed by atoms with Crippen molar-refractivity contribution in [3.63, 3.8) is 0 Å². The number of benzene rings is 1. The lowest BCUT2D eigenvalue weighted by Crippen LogP contribution is -2.25. The van der Waals surface area contributed by atoms with E-state index in [4.69, 9.17) is 11.6 Å². The van der Waals surface area contributed by atoms with E-state index >= 15 is 0 Å². The van der Waals surface area contributed by atoms with Crippen molar-refractivity contribution in [1.82, 2.24) is 4.90 Å². The largest absolute Gasteiger partial charge is 0.309 e. The molecule has 0 aliphatic carbocycles. The molecule has 2 nitrogen and oxygen atoms in total.